The van der Waals surface area contributed by atoms with E-state index >= 15 is 0 Å². The van der Waals surface area contributed by atoms with Crippen LogP contribution in [-0.4, -0.2) is 7.85 Å². The van der Waals surface area contributed by atoms with Gasteiger partial charge in [0.2, 0.25) is 0 Å². The molecule has 2 aliphatic rings. The molecule has 2 rings (SSSR count). The topological polar surface area (TPSA) is 0 Å². The summed E-state index contributed by atoms with van der Waals surface area (Å²) in [5, 5.41) is 0. The van der Waals surface area contributed by atoms with E-state index in [4.69, 9.17) is 0 Å². The summed E-state index contributed by atoms with van der Waals surface area (Å²) in [7, 11) is 0. The molecule has 0 atom stereocenters. The fourth-order valence-electron chi connectivity index (χ4n) is 2.78. The second-order valence-electron chi connectivity index (χ2n) is 5.22. The number of rotatable bonds is 2. The molecule has 0 aromatic carbocycles. The van der Waals surface area contributed by atoms with E-state index in [1.807, 2.05) is 0 Å². The van der Waals surface area contributed by atoms with E-state index in [2.05, 4.69) is 6.92 Å². The Morgan fingerprint density at radius 2 is 1.29 bits per heavy atom. The normalized spacial score (nSPS) is 36.1. The Kier molecular flexibility index (Phi) is 4.58. The van der Waals surface area contributed by atoms with Crippen LogP contribution < -0.4 is 21.2 Å². The summed E-state index contributed by atoms with van der Waals surface area (Å²) in [6, 6.07) is 0. The molecular formula is C13H24I-. The van der Waals surface area contributed by atoms with Gasteiger partial charge in [0, 0.05) is 0 Å². The van der Waals surface area contributed by atoms with E-state index in [-0.39, 0.29) is 0 Å². The van der Waals surface area contributed by atoms with Crippen molar-refractivity contribution in [2.75, 3.05) is 0 Å². The van der Waals surface area contributed by atoms with Crippen molar-refractivity contribution in [3.8, 4) is 0 Å². The molecular weight excluding hydrogens is 283 g/mol. The van der Waals surface area contributed by atoms with Gasteiger partial charge in [-0.05, 0) is 0 Å². The van der Waals surface area contributed by atoms with E-state index in [9.17, 15) is 0 Å². The zero-order chi connectivity index (χ0) is 9.80. The van der Waals surface area contributed by atoms with Crippen LogP contribution in [0.5, 0.6) is 0 Å². The summed E-state index contributed by atoms with van der Waals surface area (Å²) in [5.41, 5.74) is 0. The first-order valence-corrected chi connectivity index (χ1v) is 8.95. The van der Waals surface area contributed by atoms with Crippen molar-refractivity contribution in [1.29, 1.82) is 0 Å². The number of halogens is 1. The third-order valence-corrected chi connectivity index (χ3v) is 8.36. The Hall–Kier alpha value is 0.730. The minimum absolute atomic E-state index is 0.563. The molecule has 0 heterocycles. The number of alkyl halides is 2. The fourth-order valence-corrected chi connectivity index (χ4v) is 7.25. The standard InChI is InChI=1S/C13H24I/c1-11-7-9-13(10-8-11)14-12-5-3-2-4-6-12/h11-13H,2-10H2,1H3/q-1. The third-order valence-electron chi connectivity index (χ3n) is 3.84. The Bertz CT molecular complexity index is 153. The van der Waals surface area contributed by atoms with Crippen LogP contribution in [0.25, 0.3) is 0 Å². The van der Waals surface area contributed by atoms with Crippen molar-refractivity contribution in [2.24, 2.45) is 5.92 Å². The molecule has 0 N–H and O–H groups in total. The summed E-state index contributed by atoms with van der Waals surface area (Å²) in [6.07, 6.45) is 14.1. The first-order chi connectivity index (χ1) is 6.84. The van der Waals surface area contributed by atoms with Gasteiger partial charge in [-0.15, -0.1) is 0 Å². The SMILES string of the molecule is CC1CCC([I-]C2CCCCC2)CC1. The van der Waals surface area contributed by atoms with Crippen LogP contribution in [-0.2, 0) is 0 Å². The summed E-state index contributed by atoms with van der Waals surface area (Å²) >= 11 is 0.563. The van der Waals surface area contributed by atoms with Crippen LogP contribution in [0.15, 0.2) is 0 Å². The molecule has 2 saturated carbocycles. The average Bonchev–Trinajstić information content (AvgIpc) is 2.23. The van der Waals surface area contributed by atoms with Gasteiger partial charge in [-0.2, -0.15) is 0 Å². The first kappa shape index (κ1) is 11.2. The molecule has 0 nitrogen and oxygen atoms in total. The van der Waals surface area contributed by atoms with Crippen LogP contribution in [0, 0.1) is 5.92 Å². The predicted octanol–water partition coefficient (Wildman–Crippen LogP) is 0.987. The Morgan fingerprint density at radius 1 is 0.714 bits per heavy atom. The van der Waals surface area contributed by atoms with E-state index in [1.165, 1.54) is 27.1 Å². The van der Waals surface area contributed by atoms with E-state index in [0.29, 0.717) is 21.2 Å². The van der Waals surface area contributed by atoms with Gasteiger partial charge in [0.1, 0.15) is 0 Å². The van der Waals surface area contributed by atoms with Gasteiger partial charge in [0.25, 0.3) is 0 Å². The van der Waals surface area contributed by atoms with Gasteiger partial charge in [0.05, 0.1) is 0 Å². The van der Waals surface area contributed by atoms with Crippen molar-refractivity contribution in [2.45, 2.75) is 72.6 Å². The van der Waals surface area contributed by atoms with Crippen LogP contribution in [0.4, 0.5) is 0 Å². The molecule has 0 aromatic heterocycles. The molecule has 0 saturated heterocycles. The van der Waals surface area contributed by atoms with Crippen molar-refractivity contribution < 1.29 is 21.2 Å². The molecule has 1 heteroatoms. The second kappa shape index (κ2) is 5.72. The summed E-state index contributed by atoms with van der Waals surface area (Å²) < 4.78 is 2.44. The zero-order valence-corrected chi connectivity index (χ0v) is 11.6. The predicted molar refractivity (Wildman–Crippen MR) is 58.3 cm³/mol. The molecule has 0 aromatic rings. The average molecular weight is 307 g/mol. The Labute approximate surface area is 99.5 Å². The van der Waals surface area contributed by atoms with Gasteiger partial charge in [-0.1, -0.05) is 0 Å². The van der Waals surface area contributed by atoms with Crippen molar-refractivity contribution in [1.82, 2.24) is 0 Å². The van der Waals surface area contributed by atoms with Crippen molar-refractivity contribution in [3.63, 3.8) is 0 Å². The molecule has 0 unspecified atom stereocenters. The van der Waals surface area contributed by atoms with E-state index in [1.54, 1.807) is 38.5 Å². The maximum absolute atomic E-state index is 2.44. The zero-order valence-electron chi connectivity index (χ0n) is 9.47. The van der Waals surface area contributed by atoms with Gasteiger partial charge < -0.3 is 0 Å². The van der Waals surface area contributed by atoms with Crippen LogP contribution >= 0.6 is 0 Å². The summed E-state index contributed by atoms with van der Waals surface area (Å²) in [5.74, 6) is 1.04. The van der Waals surface area contributed by atoms with Crippen LogP contribution in [0.2, 0.25) is 0 Å². The van der Waals surface area contributed by atoms with Crippen molar-refractivity contribution in [3.05, 3.63) is 0 Å². The van der Waals surface area contributed by atoms with Gasteiger partial charge in [-0.3, -0.25) is 0 Å². The molecule has 0 amide bonds. The quantitative estimate of drug-likeness (QED) is 0.527. The van der Waals surface area contributed by atoms with Crippen molar-refractivity contribution >= 4 is 0 Å². The second-order valence-corrected chi connectivity index (χ2v) is 9.46. The Morgan fingerprint density at radius 3 is 1.93 bits per heavy atom. The van der Waals surface area contributed by atoms with Crippen LogP contribution in [0.1, 0.15) is 64.7 Å². The first-order valence-electron chi connectivity index (χ1n) is 6.46. The van der Waals surface area contributed by atoms with Gasteiger partial charge in [0.15, 0.2) is 0 Å². The summed E-state index contributed by atoms with van der Waals surface area (Å²) in [6.45, 7) is 2.44. The van der Waals surface area contributed by atoms with Crippen LogP contribution in [0.3, 0.4) is 0 Å². The number of hydrogen-bond donors (Lipinski definition) is 0. The molecule has 0 aliphatic heterocycles. The molecule has 0 spiro atoms. The molecule has 0 radical (unpaired) electrons. The fraction of sp³-hybridized carbons (Fsp3) is 1.00. The monoisotopic (exact) mass is 307 g/mol. The molecule has 14 heavy (non-hydrogen) atoms. The van der Waals surface area contributed by atoms with E-state index in [0.717, 1.165) is 5.92 Å². The third kappa shape index (κ3) is 3.39. The van der Waals surface area contributed by atoms with Gasteiger partial charge >= 0.3 is 99.7 Å². The molecule has 2 aliphatic carbocycles. The maximum atomic E-state index is 2.44. The number of hydrogen-bond acceptors (Lipinski definition) is 0. The Balaban J connectivity index is 1.68. The molecule has 0 bridgehead atoms. The van der Waals surface area contributed by atoms with E-state index < -0.39 is 0 Å². The molecule has 84 valence electrons. The van der Waals surface area contributed by atoms with Gasteiger partial charge in [-0.25, -0.2) is 0 Å². The summed E-state index contributed by atoms with van der Waals surface area (Å²) in [4.78, 5) is 0. The minimum atomic E-state index is 0.563. The molecule has 2 fully saturated rings.